The van der Waals surface area contributed by atoms with Crippen molar-refractivity contribution in [3.8, 4) is 0 Å². The van der Waals surface area contributed by atoms with E-state index in [1.54, 1.807) is 11.8 Å². The van der Waals surface area contributed by atoms with Gasteiger partial charge in [0.25, 0.3) is 0 Å². The summed E-state index contributed by atoms with van der Waals surface area (Å²) < 4.78 is 0. The Kier molecular flexibility index (Phi) is 8.01. The topological polar surface area (TPSA) is 46.3 Å². The van der Waals surface area contributed by atoms with Gasteiger partial charge >= 0.3 is 0 Å². The summed E-state index contributed by atoms with van der Waals surface area (Å²) >= 11 is 1.63. The van der Waals surface area contributed by atoms with Gasteiger partial charge in [-0.2, -0.15) is 0 Å². The first-order valence-corrected chi connectivity index (χ1v) is 9.84. The van der Waals surface area contributed by atoms with Crippen LogP contribution in [0.5, 0.6) is 0 Å². The highest BCUT2D eigenvalue weighted by molar-refractivity contribution is 8.00. The molecule has 1 saturated heterocycles. The maximum Gasteiger partial charge on any atom is 0.240 e. The molecule has 0 radical (unpaired) electrons. The van der Waals surface area contributed by atoms with Crippen LogP contribution >= 0.6 is 24.2 Å². The fourth-order valence-corrected chi connectivity index (χ4v) is 4.46. The summed E-state index contributed by atoms with van der Waals surface area (Å²) in [6, 6.07) is 20.5. The van der Waals surface area contributed by atoms with E-state index in [4.69, 9.17) is 5.73 Å². The fraction of sp³-hybridized carbons (Fsp3) is 0.381. The van der Waals surface area contributed by atoms with Gasteiger partial charge in [0.1, 0.15) is 5.25 Å². The Bertz CT molecular complexity index is 673. The van der Waals surface area contributed by atoms with E-state index in [0.717, 1.165) is 36.4 Å². The van der Waals surface area contributed by atoms with E-state index in [1.807, 2.05) is 53.4 Å². The predicted molar refractivity (Wildman–Crippen MR) is 112 cm³/mol. The number of piperidine rings is 1. The van der Waals surface area contributed by atoms with E-state index in [0.29, 0.717) is 5.92 Å². The molecule has 0 aliphatic carbocycles. The van der Waals surface area contributed by atoms with Crippen LogP contribution in [0.25, 0.3) is 0 Å². The molecular weight excluding hydrogens is 364 g/mol. The smallest absolute Gasteiger partial charge is 0.240 e. The van der Waals surface area contributed by atoms with Crippen LogP contribution in [-0.4, -0.2) is 29.9 Å². The molecule has 0 aromatic heterocycles. The molecular formula is C21H27ClN2OS. The van der Waals surface area contributed by atoms with Crippen molar-refractivity contribution in [1.29, 1.82) is 0 Å². The first-order chi connectivity index (χ1) is 12.1. The van der Waals surface area contributed by atoms with Crippen LogP contribution < -0.4 is 5.73 Å². The van der Waals surface area contributed by atoms with Gasteiger partial charge in [0.2, 0.25) is 5.91 Å². The lowest BCUT2D eigenvalue weighted by Gasteiger charge is -2.35. The van der Waals surface area contributed by atoms with Crippen molar-refractivity contribution in [3.05, 3.63) is 66.2 Å². The van der Waals surface area contributed by atoms with Crippen LogP contribution in [0.15, 0.2) is 65.6 Å². The summed E-state index contributed by atoms with van der Waals surface area (Å²) in [4.78, 5) is 16.4. The molecule has 3 nitrogen and oxygen atoms in total. The molecule has 2 atom stereocenters. The molecule has 1 aliphatic rings. The lowest BCUT2D eigenvalue weighted by Crippen LogP contribution is -2.43. The lowest BCUT2D eigenvalue weighted by atomic mass is 9.90. The number of carbonyl (C=O) groups excluding carboxylic acids is 1. The number of thioether (sulfide) groups is 1. The van der Waals surface area contributed by atoms with Crippen molar-refractivity contribution in [1.82, 2.24) is 4.90 Å². The van der Waals surface area contributed by atoms with Crippen molar-refractivity contribution in [2.75, 3.05) is 13.1 Å². The van der Waals surface area contributed by atoms with Crippen molar-refractivity contribution in [2.24, 2.45) is 11.7 Å². The number of benzene rings is 2. The SMILES string of the molecule is CC(N)C1CCN(C(=O)C(Sc2ccccc2)c2ccccc2)CC1.Cl. The molecule has 2 aromatic rings. The molecule has 140 valence electrons. The minimum atomic E-state index is -0.199. The molecule has 5 heteroatoms. The average molecular weight is 391 g/mol. The third-order valence-electron chi connectivity index (χ3n) is 4.92. The summed E-state index contributed by atoms with van der Waals surface area (Å²) in [5.74, 6) is 0.740. The molecule has 0 saturated carbocycles. The van der Waals surface area contributed by atoms with Crippen LogP contribution in [0.4, 0.5) is 0 Å². The number of nitrogens with two attached hydrogens (primary N) is 1. The molecule has 1 aliphatic heterocycles. The summed E-state index contributed by atoms with van der Waals surface area (Å²) in [6.07, 6.45) is 2.00. The van der Waals surface area contributed by atoms with E-state index in [2.05, 4.69) is 19.1 Å². The molecule has 26 heavy (non-hydrogen) atoms. The van der Waals surface area contributed by atoms with E-state index < -0.39 is 0 Å². The third-order valence-corrected chi connectivity index (χ3v) is 6.17. The first kappa shape index (κ1) is 20.8. The van der Waals surface area contributed by atoms with E-state index in [1.165, 1.54) is 0 Å². The monoisotopic (exact) mass is 390 g/mol. The predicted octanol–water partition coefficient (Wildman–Crippen LogP) is 4.53. The molecule has 2 aromatic carbocycles. The number of amides is 1. The van der Waals surface area contributed by atoms with Crippen LogP contribution in [0, 0.1) is 5.92 Å². The summed E-state index contributed by atoms with van der Waals surface area (Å²) in [5.41, 5.74) is 7.10. The second kappa shape index (κ2) is 10.0. The van der Waals surface area contributed by atoms with Gasteiger partial charge in [-0.15, -0.1) is 24.2 Å². The van der Waals surface area contributed by atoms with Gasteiger partial charge < -0.3 is 10.6 Å². The largest absolute Gasteiger partial charge is 0.341 e. The Balaban J connectivity index is 0.00000243. The molecule has 3 rings (SSSR count). The zero-order valence-corrected chi connectivity index (χ0v) is 16.7. The molecule has 0 bridgehead atoms. The van der Waals surface area contributed by atoms with Gasteiger partial charge in [-0.25, -0.2) is 0 Å². The van der Waals surface area contributed by atoms with Crippen LogP contribution in [-0.2, 0) is 4.79 Å². The first-order valence-electron chi connectivity index (χ1n) is 8.96. The molecule has 2 N–H and O–H groups in total. The number of likely N-dealkylation sites (tertiary alicyclic amines) is 1. The minimum Gasteiger partial charge on any atom is -0.341 e. The summed E-state index contributed by atoms with van der Waals surface area (Å²) in [6.45, 7) is 3.69. The van der Waals surface area contributed by atoms with Crippen LogP contribution in [0.3, 0.4) is 0 Å². The molecule has 0 spiro atoms. The Morgan fingerprint density at radius 1 is 1.04 bits per heavy atom. The Morgan fingerprint density at radius 3 is 2.12 bits per heavy atom. The third kappa shape index (κ3) is 5.26. The number of hydrogen-bond acceptors (Lipinski definition) is 3. The second-order valence-electron chi connectivity index (χ2n) is 6.74. The van der Waals surface area contributed by atoms with Gasteiger partial charge in [0.05, 0.1) is 0 Å². The fourth-order valence-electron chi connectivity index (χ4n) is 3.34. The zero-order valence-electron chi connectivity index (χ0n) is 15.1. The van der Waals surface area contributed by atoms with Crippen molar-refractivity contribution >= 4 is 30.1 Å². The van der Waals surface area contributed by atoms with Crippen LogP contribution in [0.1, 0.15) is 30.6 Å². The van der Waals surface area contributed by atoms with Crippen molar-refractivity contribution in [3.63, 3.8) is 0 Å². The molecule has 1 amide bonds. The number of hydrogen-bond donors (Lipinski definition) is 1. The lowest BCUT2D eigenvalue weighted by molar-refractivity contribution is -0.132. The second-order valence-corrected chi connectivity index (χ2v) is 7.92. The number of nitrogens with zero attached hydrogens (tertiary/aromatic N) is 1. The minimum absolute atomic E-state index is 0. The summed E-state index contributed by atoms with van der Waals surface area (Å²) in [7, 11) is 0. The Morgan fingerprint density at radius 2 is 1.58 bits per heavy atom. The number of halogens is 1. The standard InChI is InChI=1S/C21H26N2OS.ClH/c1-16(22)17-12-14-23(15-13-17)21(24)20(18-8-4-2-5-9-18)25-19-10-6-3-7-11-19;/h2-11,16-17,20H,12-15,22H2,1H3;1H. The highest BCUT2D eigenvalue weighted by Crippen LogP contribution is 2.37. The van der Waals surface area contributed by atoms with Crippen molar-refractivity contribution < 1.29 is 4.79 Å². The zero-order chi connectivity index (χ0) is 17.6. The number of rotatable bonds is 5. The molecule has 2 unspecified atom stereocenters. The molecule has 1 heterocycles. The van der Waals surface area contributed by atoms with Gasteiger partial charge in [-0.3, -0.25) is 4.79 Å². The van der Waals surface area contributed by atoms with E-state index >= 15 is 0 Å². The summed E-state index contributed by atoms with van der Waals surface area (Å²) in [5, 5.41) is -0.199. The maximum absolute atomic E-state index is 13.3. The van der Waals surface area contributed by atoms with E-state index in [9.17, 15) is 4.79 Å². The molecule has 1 fully saturated rings. The van der Waals surface area contributed by atoms with Crippen molar-refractivity contribution in [2.45, 2.75) is 36.0 Å². The normalized spacial score (nSPS) is 17.2. The van der Waals surface area contributed by atoms with E-state index in [-0.39, 0.29) is 29.6 Å². The Labute approximate surface area is 166 Å². The van der Waals surface area contributed by atoms with Gasteiger partial charge in [0.15, 0.2) is 0 Å². The average Bonchev–Trinajstić information content (AvgIpc) is 2.67. The Hall–Kier alpha value is -1.49. The number of carbonyl (C=O) groups is 1. The van der Waals surface area contributed by atoms with Gasteiger partial charge in [-0.05, 0) is 43.4 Å². The van der Waals surface area contributed by atoms with Crippen LogP contribution in [0.2, 0.25) is 0 Å². The quantitative estimate of drug-likeness (QED) is 0.763. The van der Waals surface area contributed by atoms with Gasteiger partial charge in [0, 0.05) is 24.0 Å². The highest BCUT2D eigenvalue weighted by Gasteiger charge is 2.30. The highest BCUT2D eigenvalue weighted by atomic mass is 35.5. The maximum atomic E-state index is 13.3. The van der Waals surface area contributed by atoms with Gasteiger partial charge in [-0.1, -0.05) is 48.5 Å².